The summed E-state index contributed by atoms with van der Waals surface area (Å²) in [6, 6.07) is 20.3. The van der Waals surface area contributed by atoms with E-state index in [1.165, 1.54) is 0 Å². The number of aromatic amines is 1. The van der Waals surface area contributed by atoms with Gasteiger partial charge in [0.25, 0.3) is 0 Å². The zero-order chi connectivity index (χ0) is 20.2. The Morgan fingerprint density at radius 1 is 1.14 bits per heavy atom. The maximum absolute atomic E-state index is 12.2. The Morgan fingerprint density at radius 3 is 2.72 bits per heavy atom. The van der Waals surface area contributed by atoms with Crippen LogP contribution in [0.5, 0.6) is 11.5 Å². The lowest BCUT2D eigenvalue weighted by molar-refractivity contribution is 0.0946. The zero-order valence-electron chi connectivity index (χ0n) is 15.5. The monoisotopic (exact) mass is 404 g/mol. The van der Waals surface area contributed by atoms with E-state index < -0.39 is 5.91 Å². The van der Waals surface area contributed by atoms with Crippen molar-refractivity contribution < 1.29 is 9.53 Å². The number of carbonyl (C=O) groups excluding carboxylic acids is 1. The van der Waals surface area contributed by atoms with Crippen molar-refractivity contribution in [2.75, 3.05) is 0 Å². The highest BCUT2D eigenvalue weighted by atomic mass is 35.5. The van der Waals surface area contributed by atoms with E-state index in [1.54, 1.807) is 30.5 Å². The second-order valence-corrected chi connectivity index (χ2v) is 6.81. The Balaban J connectivity index is 1.38. The van der Waals surface area contributed by atoms with Crippen LogP contribution >= 0.6 is 11.6 Å². The molecule has 4 rings (SSSR count). The van der Waals surface area contributed by atoms with Crippen molar-refractivity contribution in [2.24, 2.45) is 5.10 Å². The van der Waals surface area contributed by atoms with E-state index in [9.17, 15) is 4.79 Å². The van der Waals surface area contributed by atoms with Gasteiger partial charge in [0, 0.05) is 0 Å². The molecule has 2 N–H and O–H groups in total. The number of carbonyl (C=O) groups is 1. The lowest BCUT2D eigenvalue weighted by Crippen LogP contribution is -2.19. The van der Waals surface area contributed by atoms with E-state index in [0.29, 0.717) is 16.5 Å². The summed E-state index contributed by atoms with van der Waals surface area (Å²) in [4.78, 5) is 19.5. The molecule has 0 atom stereocenters. The molecule has 0 fully saturated rings. The summed E-state index contributed by atoms with van der Waals surface area (Å²) in [5, 5.41) is 4.53. The molecule has 0 spiro atoms. The van der Waals surface area contributed by atoms with Gasteiger partial charge in [-0.15, -0.1) is 0 Å². The van der Waals surface area contributed by atoms with Crippen LogP contribution < -0.4 is 10.2 Å². The number of rotatable bonds is 5. The lowest BCUT2D eigenvalue weighted by atomic mass is 10.2. The van der Waals surface area contributed by atoms with Crippen LogP contribution in [0.2, 0.25) is 5.02 Å². The van der Waals surface area contributed by atoms with Crippen LogP contribution in [0, 0.1) is 6.92 Å². The number of H-pyrrole nitrogens is 1. The number of hydrogen-bond donors (Lipinski definition) is 2. The first-order valence-corrected chi connectivity index (χ1v) is 9.28. The van der Waals surface area contributed by atoms with Crippen LogP contribution in [0.3, 0.4) is 0 Å². The maximum Gasteiger partial charge on any atom is 0.307 e. The Hall–Kier alpha value is -3.64. The van der Waals surface area contributed by atoms with E-state index in [-0.39, 0.29) is 5.82 Å². The number of nitrogens with one attached hydrogen (secondary N) is 2. The number of hydrogen-bond acceptors (Lipinski definition) is 4. The van der Waals surface area contributed by atoms with Gasteiger partial charge in [0.1, 0.15) is 11.5 Å². The predicted octanol–water partition coefficient (Wildman–Crippen LogP) is 5.08. The molecule has 6 nitrogen and oxygen atoms in total. The highest BCUT2D eigenvalue weighted by Gasteiger charge is 2.10. The fourth-order valence-electron chi connectivity index (χ4n) is 2.73. The topological polar surface area (TPSA) is 79.4 Å². The van der Waals surface area contributed by atoms with E-state index in [1.807, 2.05) is 49.4 Å². The van der Waals surface area contributed by atoms with Crippen molar-refractivity contribution in [3.05, 3.63) is 88.7 Å². The number of halogens is 1. The maximum atomic E-state index is 12.2. The summed E-state index contributed by atoms with van der Waals surface area (Å²) >= 11 is 6.09. The molecule has 144 valence electrons. The number of imidazole rings is 1. The molecule has 0 aliphatic rings. The molecule has 0 radical (unpaired) electrons. The third-order valence-corrected chi connectivity index (χ3v) is 4.49. The molecule has 0 bridgehead atoms. The third-order valence-electron chi connectivity index (χ3n) is 4.18. The largest absolute Gasteiger partial charge is 0.456 e. The molecular weight excluding hydrogens is 388 g/mol. The normalized spacial score (nSPS) is 11.1. The summed E-state index contributed by atoms with van der Waals surface area (Å²) in [5.41, 5.74) is 5.91. The first kappa shape index (κ1) is 18.7. The summed E-state index contributed by atoms with van der Waals surface area (Å²) in [6.45, 7) is 1.98. The van der Waals surface area contributed by atoms with Crippen molar-refractivity contribution in [3.63, 3.8) is 0 Å². The van der Waals surface area contributed by atoms with Gasteiger partial charge in [0.2, 0.25) is 0 Å². The average Bonchev–Trinajstić information content (AvgIpc) is 3.14. The number of amides is 1. The molecule has 0 aliphatic carbocycles. The van der Waals surface area contributed by atoms with Gasteiger partial charge in [-0.1, -0.05) is 29.8 Å². The number of para-hydroxylation sites is 1. The van der Waals surface area contributed by atoms with E-state index >= 15 is 0 Å². The molecule has 29 heavy (non-hydrogen) atoms. The minimum atomic E-state index is -0.409. The molecule has 1 amide bonds. The fourth-order valence-corrected chi connectivity index (χ4v) is 2.90. The highest BCUT2D eigenvalue weighted by Crippen LogP contribution is 2.28. The Kier molecular flexibility index (Phi) is 5.27. The Labute approximate surface area is 172 Å². The number of ether oxygens (including phenoxy) is 1. The molecule has 0 saturated heterocycles. The minimum Gasteiger partial charge on any atom is -0.456 e. The standard InChI is InChI=1S/C22H17ClN4O2/c1-14-6-11-18-19(12-14)26-21(25-18)22(28)27-24-13-15-7-9-16(10-8-15)29-20-5-3-2-4-17(20)23/h2-13H,1H3,(H,25,26)(H,27,28)/b24-13+. The van der Waals surface area contributed by atoms with Crippen molar-refractivity contribution >= 4 is 34.8 Å². The van der Waals surface area contributed by atoms with Gasteiger partial charge in [-0.25, -0.2) is 10.4 Å². The molecule has 4 aromatic rings. The Bertz CT molecular complexity index is 1200. The van der Waals surface area contributed by atoms with E-state index in [4.69, 9.17) is 16.3 Å². The van der Waals surface area contributed by atoms with Gasteiger partial charge in [0.05, 0.1) is 22.3 Å². The smallest absolute Gasteiger partial charge is 0.307 e. The fraction of sp³-hybridized carbons (Fsp3) is 0.0455. The molecule has 1 aromatic heterocycles. The zero-order valence-corrected chi connectivity index (χ0v) is 16.3. The molecule has 0 aliphatic heterocycles. The van der Waals surface area contributed by atoms with Crippen LogP contribution in [0.4, 0.5) is 0 Å². The minimum absolute atomic E-state index is 0.214. The van der Waals surface area contributed by atoms with Crippen LogP contribution in [0.25, 0.3) is 11.0 Å². The average molecular weight is 405 g/mol. The van der Waals surface area contributed by atoms with Crippen molar-refractivity contribution in [3.8, 4) is 11.5 Å². The SMILES string of the molecule is Cc1ccc2nc(C(=O)N/N=C/c3ccc(Oc4ccccc4Cl)cc3)[nH]c2c1. The van der Waals surface area contributed by atoms with Gasteiger partial charge >= 0.3 is 5.91 Å². The number of fused-ring (bicyclic) bond motifs is 1. The number of hydrazone groups is 1. The van der Waals surface area contributed by atoms with Crippen LogP contribution in [-0.4, -0.2) is 22.1 Å². The van der Waals surface area contributed by atoms with Crippen LogP contribution in [0.1, 0.15) is 21.7 Å². The number of benzene rings is 3. The summed E-state index contributed by atoms with van der Waals surface area (Å²) in [6.07, 6.45) is 1.55. The number of nitrogens with zero attached hydrogens (tertiary/aromatic N) is 2. The highest BCUT2D eigenvalue weighted by molar-refractivity contribution is 6.32. The Morgan fingerprint density at radius 2 is 1.93 bits per heavy atom. The number of aryl methyl sites for hydroxylation is 1. The van der Waals surface area contributed by atoms with Crippen molar-refractivity contribution in [2.45, 2.75) is 6.92 Å². The molecule has 3 aromatic carbocycles. The molecular formula is C22H17ClN4O2. The molecule has 0 saturated carbocycles. The van der Waals surface area contributed by atoms with Gasteiger partial charge in [0.15, 0.2) is 5.82 Å². The number of aromatic nitrogens is 2. The summed E-state index contributed by atoms with van der Waals surface area (Å²) < 4.78 is 5.74. The quantitative estimate of drug-likeness (QED) is 0.359. The van der Waals surface area contributed by atoms with Gasteiger partial charge in [-0.2, -0.15) is 5.10 Å². The second kappa shape index (κ2) is 8.16. The van der Waals surface area contributed by atoms with E-state index in [0.717, 1.165) is 22.2 Å². The summed E-state index contributed by atoms with van der Waals surface area (Å²) in [7, 11) is 0. The van der Waals surface area contributed by atoms with Gasteiger partial charge in [-0.3, -0.25) is 4.79 Å². The summed E-state index contributed by atoms with van der Waals surface area (Å²) in [5.74, 6) is 1.04. The molecule has 1 heterocycles. The van der Waals surface area contributed by atoms with Crippen LogP contribution in [-0.2, 0) is 0 Å². The second-order valence-electron chi connectivity index (χ2n) is 6.41. The molecule has 7 heteroatoms. The van der Waals surface area contributed by atoms with Crippen molar-refractivity contribution in [1.29, 1.82) is 0 Å². The lowest BCUT2D eigenvalue weighted by Gasteiger charge is -2.07. The predicted molar refractivity (Wildman–Crippen MR) is 114 cm³/mol. The van der Waals surface area contributed by atoms with Gasteiger partial charge < -0.3 is 9.72 Å². The van der Waals surface area contributed by atoms with Crippen molar-refractivity contribution in [1.82, 2.24) is 15.4 Å². The molecule has 0 unspecified atom stereocenters. The van der Waals surface area contributed by atoms with Gasteiger partial charge in [-0.05, 0) is 66.6 Å². The van der Waals surface area contributed by atoms with Crippen LogP contribution in [0.15, 0.2) is 71.8 Å². The first-order valence-electron chi connectivity index (χ1n) is 8.91. The first-order chi connectivity index (χ1) is 14.1. The third kappa shape index (κ3) is 4.44. The van der Waals surface area contributed by atoms with E-state index in [2.05, 4.69) is 20.5 Å².